The first-order valence-electron chi connectivity index (χ1n) is 9.28. The van der Waals surface area contributed by atoms with Crippen LogP contribution in [0.25, 0.3) is 0 Å². The molecule has 0 heterocycles. The Balaban J connectivity index is 1.62. The molecule has 0 spiro atoms. The van der Waals surface area contributed by atoms with Crippen LogP contribution in [0, 0.1) is 0 Å². The van der Waals surface area contributed by atoms with Crippen molar-refractivity contribution in [3.05, 3.63) is 76.9 Å². The van der Waals surface area contributed by atoms with E-state index in [0.29, 0.717) is 6.61 Å². The van der Waals surface area contributed by atoms with Crippen molar-refractivity contribution in [2.45, 2.75) is 48.8 Å². The molecule has 0 aromatic heterocycles. The molecule has 0 unspecified atom stereocenters. The minimum atomic E-state index is 0.663. The predicted octanol–water partition coefficient (Wildman–Crippen LogP) is 7.49. The van der Waals surface area contributed by atoms with Crippen molar-refractivity contribution in [3.8, 4) is 5.75 Å². The van der Waals surface area contributed by atoms with Crippen LogP contribution in [0.5, 0.6) is 5.75 Å². The lowest BCUT2D eigenvalue weighted by Crippen LogP contribution is -2.02. The van der Waals surface area contributed by atoms with E-state index in [1.54, 1.807) is 11.8 Å². The SMILES string of the molecule is CCCCc1ccc(Sc2cccc(OCC3=CC=CCC3)c2)cc1Cl. The summed E-state index contributed by atoms with van der Waals surface area (Å²) in [6.45, 7) is 2.87. The van der Waals surface area contributed by atoms with E-state index in [1.807, 2.05) is 12.1 Å². The molecule has 1 aliphatic carbocycles. The average Bonchev–Trinajstić information content (AvgIpc) is 2.67. The van der Waals surface area contributed by atoms with Gasteiger partial charge in [0.1, 0.15) is 12.4 Å². The normalized spacial score (nSPS) is 13.5. The first-order chi connectivity index (χ1) is 12.7. The van der Waals surface area contributed by atoms with Crippen LogP contribution in [0.2, 0.25) is 5.02 Å². The molecule has 0 radical (unpaired) electrons. The van der Waals surface area contributed by atoms with Gasteiger partial charge in [0.05, 0.1) is 0 Å². The first-order valence-corrected chi connectivity index (χ1v) is 10.5. The molecule has 2 aromatic carbocycles. The van der Waals surface area contributed by atoms with Gasteiger partial charge >= 0.3 is 0 Å². The number of ether oxygens (including phenoxy) is 1. The van der Waals surface area contributed by atoms with E-state index >= 15 is 0 Å². The fourth-order valence-corrected chi connectivity index (χ4v) is 4.12. The summed E-state index contributed by atoms with van der Waals surface area (Å²) in [5, 5.41) is 0.869. The maximum atomic E-state index is 6.45. The van der Waals surface area contributed by atoms with E-state index in [-0.39, 0.29) is 0 Å². The van der Waals surface area contributed by atoms with Crippen molar-refractivity contribution >= 4 is 23.4 Å². The van der Waals surface area contributed by atoms with Crippen LogP contribution < -0.4 is 4.74 Å². The molecule has 0 bridgehead atoms. The van der Waals surface area contributed by atoms with Gasteiger partial charge in [-0.1, -0.05) is 67.1 Å². The van der Waals surface area contributed by atoms with Crippen molar-refractivity contribution < 1.29 is 4.74 Å². The third-order valence-corrected chi connectivity index (χ3v) is 5.72. The monoisotopic (exact) mass is 384 g/mol. The Kier molecular flexibility index (Phi) is 7.28. The minimum absolute atomic E-state index is 0.663. The molecule has 2 aromatic rings. The third-order valence-electron chi connectivity index (χ3n) is 4.39. The molecule has 0 amide bonds. The maximum absolute atomic E-state index is 6.45. The van der Waals surface area contributed by atoms with Crippen LogP contribution in [-0.2, 0) is 6.42 Å². The van der Waals surface area contributed by atoms with E-state index in [0.717, 1.165) is 39.8 Å². The van der Waals surface area contributed by atoms with Gasteiger partial charge in [0.15, 0.2) is 0 Å². The van der Waals surface area contributed by atoms with Crippen molar-refractivity contribution in [3.63, 3.8) is 0 Å². The summed E-state index contributed by atoms with van der Waals surface area (Å²) >= 11 is 8.17. The largest absolute Gasteiger partial charge is 0.489 e. The van der Waals surface area contributed by atoms with Gasteiger partial charge in [0, 0.05) is 14.8 Å². The maximum Gasteiger partial charge on any atom is 0.120 e. The predicted molar refractivity (Wildman–Crippen MR) is 113 cm³/mol. The minimum Gasteiger partial charge on any atom is -0.489 e. The van der Waals surface area contributed by atoms with Crippen LogP contribution in [0.3, 0.4) is 0 Å². The highest BCUT2D eigenvalue weighted by atomic mass is 35.5. The van der Waals surface area contributed by atoms with Crippen LogP contribution in [0.4, 0.5) is 0 Å². The van der Waals surface area contributed by atoms with Crippen molar-refractivity contribution in [2.24, 2.45) is 0 Å². The molecule has 0 N–H and O–H groups in total. The van der Waals surface area contributed by atoms with Crippen LogP contribution in [0.1, 0.15) is 38.2 Å². The van der Waals surface area contributed by atoms with Crippen molar-refractivity contribution in [2.75, 3.05) is 6.61 Å². The first kappa shape index (κ1) is 19.1. The lowest BCUT2D eigenvalue weighted by atomic mass is 10.1. The zero-order chi connectivity index (χ0) is 18.2. The zero-order valence-corrected chi connectivity index (χ0v) is 16.8. The lowest BCUT2D eigenvalue weighted by Gasteiger charge is -2.12. The van der Waals surface area contributed by atoms with Gasteiger partial charge in [-0.05, 0) is 67.2 Å². The molecule has 3 rings (SSSR count). The fraction of sp³-hybridized carbons (Fsp3) is 0.304. The summed E-state index contributed by atoms with van der Waals surface area (Å²) < 4.78 is 5.97. The number of halogens is 1. The Morgan fingerprint density at radius 1 is 1.12 bits per heavy atom. The van der Waals surface area contributed by atoms with Crippen LogP contribution in [-0.4, -0.2) is 6.61 Å². The summed E-state index contributed by atoms with van der Waals surface area (Å²) in [6, 6.07) is 14.7. The van der Waals surface area contributed by atoms with E-state index in [9.17, 15) is 0 Å². The van der Waals surface area contributed by atoms with E-state index in [4.69, 9.17) is 16.3 Å². The molecule has 0 fully saturated rings. The molecule has 1 aliphatic rings. The highest BCUT2D eigenvalue weighted by Gasteiger charge is 2.06. The average molecular weight is 385 g/mol. The second kappa shape index (κ2) is 9.89. The summed E-state index contributed by atoms with van der Waals surface area (Å²) in [6.07, 6.45) is 12.1. The quantitative estimate of drug-likeness (QED) is 0.466. The summed E-state index contributed by atoms with van der Waals surface area (Å²) in [5.74, 6) is 0.913. The fourth-order valence-electron chi connectivity index (χ4n) is 2.87. The molecular formula is C23H25ClOS. The van der Waals surface area contributed by atoms with Gasteiger partial charge in [-0.25, -0.2) is 0 Å². The molecule has 0 aliphatic heterocycles. The number of benzene rings is 2. The van der Waals surface area contributed by atoms with Gasteiger partial charge < -0.3 is 4.74 Å². The van der Waals surface area contributed by atoms with Crippen molar-refractivity contribution in [1.29, 1.82) is 0 Å². The highest BCUT2D eigenvalue weighted by Crippen LogP contribution is 2.33. The number of unbranched alkanes of at least 4 members (excludes halogenated alkanes) is 1. The topological polar surface area (TPSA) is 9.23 Å². The second-order valence-electron chi connectivity index (χ2n) is 6.51. The van der Waals surface area contributed by atoms with Crippen molar-refractivity contribution in [1.82, 2.24) is 0 Å². The molecule has 0 saturated carbocycles. The van der Waals surface area contributed by atoms with Gasteiger partial charge in [-0.2, -0.15) is 0 Å². The number of rotatable bonds is 8. The van der Waals surface area contributed by atoms with Crippen LogP contribution >= 0.6 is 23.4 Å². The Morgan fingerprint density at radius 3 is 2.77 bits per heavy atom. The molecule has 136 valence electrons. The Hall–Kier alpha value is -1.64. The Labute approximate surface area is 166 Å². The number of allylic oxidation sites excluding steroid dienone is 3. The molecular weight excluding hydrogens is 360 g/mol. The number of aryl methyl sites for hydroxylation is 1. The van der Waals surface area contributed by atoms with E-state index < -0.39 is 0 Å². The Morgan fingerprint density at radius 2 is 2.00 bits per heavy atom. The molecule has 0 atom stereocenters. The molecule has 26 heavy (non-hydrogen) atoms. The van der Waals surface area contributed by atoms with Gasteiger partial charge in [-0.3, -0.25) is 0 Å². The number of hydrogen-bond donors (Lipinski definition) is 0. The van der Waals surface area contributed by atoms with E-state index in [1.165, 1.54) is 24.0 Å². The number of hydrogen-bond acceptors (Lipinski definition) is 2. The molecule has 1 nitrogen and oxygen atoms in total. The van der Waals surface area contributed by atoms with E-state index in [2.05, 4.69) is 55.5 Å². The second-order valence-corrected chi connectivity index (χ2v) is 8.07. The third kappa shape index (κ3) is 5.69. The highest BCUT2D eigenvalue weighted by molar-refractivity contribution is 7.99. The molecule has 3 heteroatoms. The standard InChI is InChI=1S/C23H25ClOS/c1-2-3-10-19-13-14-22(16-23(19)24)26-21-12-7-11-20(15-21)25-17-18-8-5-4-6-9-18/h4-5,7-8,11-16H,2-3,6,9-10,17H2,1H3. The Bertz CT molecular complexity index is 795. The molecule has 0 saturated heterocycles. The smallest absolute Gasteiger partial charge is 0.120 e. The van der Waals surface area contributed by atoms with Gasteiger partial charge in [0.2, 0.25) is 0 Å². The lowest BCUT2D eigenvalue weighted by molar-refractivity contribution is 0.346. The van der Waals surface area contributed by atoms with Crippen LogP contribution in [0.15, 0.2) is 76.1 Å². The zero-order valence-electron chi connectivity index (χ0n) is 15.2. The summed E-state index contributed by atoms with van der Waals surface area (Å²) in [7, 11) is 0. The summed E-state index contributed by atoms with van der Waals surface area (Å²) in [5.41, 5.74) is 2.59. The van der Waals surface area contributed by atoms with Gasteiger partial charge in [-0.15, -0.1) is 0 Å². The van der Waals surface area contributed by atoms with Gasteiger partial charge in [0.25, 0.3) is 0 Å². The summed E-state index contributed by atoms with van der Waals surface area (Å²) in [4.78, 5) is 2.32.